The number of aromatic carboxylic acids is 1. The molecule has 36 heavy (non-hydrogen) atoms. The molecule has 0 fully saturated rings. The third-order valence-corrected chi connectivity index (χ3v) is 6.51. The lowest BCUT2D eigenvalue weighted by atomic mass is 9.93. The number of rotatable bonds is 11. The fraction of sp³-hybridized carbons (Fsp3) is 0.241. The van der Waals surface area contributed by atoms with Crippen molar-refractivity contribution in [1.82, 2.24) is 4.90 Å². The van der Waals surface area contributed by atoms with Crippen LogP contribution in [0.5, 0.6) is 17.2 Å². The first-order valence-corrected chi connectivity index (χ1v) is 11.9. The van der Waals surface area contributed by atoms with Crippen LogP contribution in [0.2, 0.25) is 0 Å². The highest BCUT2D eigenvalue weighted by Crippen LogP contribution is 2.37. The number of carbonyl (C=O) groups excluding carboxylic acids is 1. The summed E-state index contributed by atoms with van der Waals surface area (Å²) >= 11 is 0. The van der Waals surface area contributed by atoms with Crippen molar-refractivity contribution in [3.8, 4) is 17.2 Å². The third-order valence-electron chi connectivity index (χ3n) is 6.51. The van der Waals surface area contributed by atoms with Crippen molar-refractivity contribution in [2.45, 2.75) is 20.3 Å². The molecule has 0 aliphatic heterocycles. The smallest absolute Gasteiger partial charge is 0.335 e. The Morgan fingerprint density at radius 2 is 1.61 bits per heavy atom. The van der Waals surface area contributed by atoms with Gasteiger partial charge in [-0.15, -0.1) is 0 Å². The van der Waals surface area contributed by atoms with E-state index in [0.717, 1.165) is 46.7 Å². The van der Waals surface area contributed by atoms with Gasteiger partial charge in [0.25, 0.3) is 6.47 Å². The second kappa shape index (κ2) is 11.1. The zero-order valence-electron chi connectivity index (χ0n) is 20.4. The molecule has 7 heteroatoms. The van der Waals surface area contributed by atoms with E-state index in [1.807, 2.05) is 18.2 Å². The minimum atomic E-state index is -1.00. The van der Waals surface area contributed by atoms with Crippen LogP contribution in [0.15, 0.2) is 60.7 Å². The van der Waals surface area contributed by atoms with E-state index in [4.69, 9.17) is 9.47 Å². The number of likely N-dealkylation sites (N-methyl/N-ethyl adjacent to an activating group) is 1. The predicted octanol–water partition coefficient (Wildman–Crippen LogP) is 5.24. The Labute approximate surface area is 209 Å². The van der Waals surface area contributed by atoms with Crippen molar-refractivity contribution in [1.29, 1.82) is 0 Å². The van der Waals surface area contributed by atoms with E-state index < -0.39 is 5.97 Å². The molecule has 0 saturated carbocycles. The summed E-state index contributed by atoms with van der Waals surface area (Å²) in [5, 5.41) is 23.5. The normalized spacial score (nSPS) is 11.2. The molecule has 0 aromatic heterocycles. The molecule has 0 bridgehead atoms. The van der Waals surface area contributed by atoms with Gasteiger partial charge in [-0.1, -0.05) is 38.1 Å². The van der Waals surface area contributed by atoms with Gasteiger partial charge >= 0.3 is 5.97 Å². The zero-order chi connectivity index (χ0) is 25.7. The first-order valence-electron chi connectivity index (χ1n) is 11.9. The number of ether oxygens (including phenoxy) is 2. The molecule has 4 aromatic rings. The molecular formula is C29H29NO6. The maximum atomic E-state index is 11.4. The summed E-state index contributed by atoms with van der Waals surface area (Å²) in [5.41, 5.74) is 1.75. The van der Waals surface area contributed by atoms with Crippen LogP contribution < -0.4 is 9.47 Å². The molecule has 0 radical (unpaired) electrons. The molecule has 7 nitrogen and oxygen atoms in total. The number of carboxylic acids is 1. The molecule has 186 valence electrons. The minimum absolute atomic E-state index is 0.123. The second-order valence-corrected chi connectivity index (χ2v) is 8.50. The van der Waals surface area contributed by atoms with Crippen molar-refractivity contribution in [2.24, 2.45) is 0 Å². The maximum Gasteiger partial charge on any atom is 0.335 e. The molecule has 2 N–H and O–H groups in total. The first-order chi connectivity index (χ1) is 17.4. The van der Waals surface area contributed by atoms with Crippen LogP contribution in [0, 0.1) is 0 Å². The van der Waals surface area contributed by atoms with Gasteiger partial charge in [-0.25, -0.2) is 4.79 Å². The van der Waals surface area contributed by atoms with E-state index >= 15 is 0 Å². The Hall–Kier alpha value is -4.10. The zero-order valence-corrected chi connectivity index (χ0v) is 20.4. The summed E-state index contributed by atoms with van der Waals surface area (Å²) in [6.45, 7) is 7.79. The molecule has 0 amide bonds. The molecule has 0 unspecified atom stereocenters. The van der Waals surface area contributed by atoms with Crippen LogP contribution in [0.1, 0.15) is 35.3 Å². The SMILES string of the molecule is CCN(CC)CCOc1ccc2cc(OC=O)ccc2c1Cc1c(O)ccc2cc(C(=O)O)ccc12. The monoisotopic (exact) mass is 487 g/mol. The van der Waals surface area contributed by atoms with Gasteiger partial charge in [-0.05, 0) is 71.0 Å². The topological polar surface area (TPSA) is 96.3 Å². The Morgan fingerprint density at radius 1 is 0.917 bits per heavy atom. The second-order valence-electron chi connectivity index (χ2n) is 8.50. The summed E-state index contributed by atoms with van der Waals surface area (Å²) in [7, 11) is 0. The summed E-state index contributed by atoms with van der Waals surface area (Å²) in [4.78, 5) is 24.5. The number of benzene rings is 4. The molecule has 0 saturated heterocycles. The van der Waals surface area contributed by atoms with Crippen LogP contribution in [0.25, 0.3) is 21.5 Å². The summed E-state index contributed by atoms with van der Waals surface area (Å²) in [6, 6.07) is 17.4. The molecule has 4 aromatic carbocycles. The van der Waals surface area contributed by atoms with Crippen LogP contribution in [0.3, 0.4) is 0 Å². The van der Waals surface area contributed by atoms with Crippen molar-refractivity contribution in [2.75, 3.05) is 26.2 Å². The lowest BCUT2D eigenvalue weighted by Gasteiger charge is -2.20. The van der Waals surface area contributed by atoms with Gasteiger partial charge in [-0.2, -0.15) is 0 Å². The highest BCUT2D eigenvalue weighted by atomic mass is 16.5. The number of fused-ring (bicyclic) bond motifs is 2. The van der Waals surface area contributed by atoms with Crippen LogP contribution >= 0.6 is 0 Å². The van der Waals surface area contributed by atoms with Gasteiger partial charge in [0, 0.05) is 24.1 Å². The number of phenolic OH excluding ortho intramolecular Hbond substituents is 1. The predicted molar refractivity (Wildman–Crippen MR) is 139 cm³/mol. The quantitative estimate of drug-likeness (QED) is 0.279. The largest absolute Gasteiger partial charge is 0.508 e. The number of hydrogen-bond donors (Lipinski definition) is 2. The highest BCUT2D eigenvalue weighted by molar-refractivity contribution is 5.97. The van der Waals surface area contributed by atoms with E-state index in [2.05, 4.69) is 18.7 Å². The number of phenols is 1. The van der Waals surface area contributed by atoms with E-state index in [9.17, 15) is 19.8 Å². The highest BCUT2D eigenvalue weighted by Gasteiger charge is 2.16. The summed E-state index contributed by atoms with van der Waals surface area (Å²) in [5.74, 6) is 0.264. The van der Waals surface area contributed by atoms with Gasteiger partial charge in [0.1, 0.15) is 23.9 Å². The van der Waals surface area contributed by atoms with Crippen LogP contribution in [-0.2, 0) is 11.2 Å². The Balaban J connectivity index is 1.80. The standard InChI is InChI=1S/C29H29NO6/c1-3-30(4-2)13-14-35-28-12-7-20-16-22(36-18-31)8-10-24(20)26(28)17-25-23-9-5-21(29(33)34)15-19(23)6-11-27(25)32/h5-12,15-16,18,32H,3-4,13-14,17H2,1-2H3,(H,33,34). The molecule has 4 rings (SSSR count). The number of nitrogens with zero attached hydrogens (tertiary/aromatic N) is 1. The number of carbonyl (C=O) groups is 2. The average Bonchev–Trinajstić information content (AvgIpc) is 2.88. The van der Waals surface area contributed by atoms with E-state index in [1.165, 1.54) is 0 Å². The lowest BCUT2D eigenvalue weighted by Crippen LogP contribution is -2.28. The van der Waals surface area contributed by atoms with Crippen LogP contribution in [0.4, 0.5) is 0 Å². The number of carboxylic acid groups (broad SMARTS) is 1. The minimum Gasteiger partial charge on any atom is -0.508 e. The van der Waals surface area contributed by atoms with Gasteiger partial charge in [0.15, 0.2) is 0 Å². The third kappa shape index (κ3) is 5.26. The van der Waals surface area contributed by atoms with E-state index in [1.54, 1.807) is 42.5 Å². The maximum absolute atomic E-state index is 11.4. The van der Waals surface area contributed by atoms with Gasteiger partial charge < -0.3 is 24.6 Å². The number of aromatic hydroxyl groups is 1. The van der Waals surface area contributed by atoms with Crippen molar-refractivity contribution in [3.05, 3.63) is 77.4 Å². The Bertz CT molecular complexity index is 1410. The molecule has 0 aliphatic carbocycles. The van der Waals surface area contributed by atoms with Crippen molar-refractivity contribution >= 4 is 34.0 Å². The fourth-order valence-electron chi connectivity index (χ4n) is 4.50. The van der Waals surface area contributed by atoms with Gasteiger partial charge in [0.05, 0.1) is 5.56 Å². The van der Waals surface area contributed by atoms with E-state index in [0.29, 0.717) is 36.6 Å². The first kappa shape index (κ1) is 25.0. The van der Waals surface area contributed by atoms with Gasteiger partial charge in [0.2, 0.25) is 0 Å². The summed E-state index contributed by atoms with van der Waals surface area (Å²) in [6.07, 6.45) is 0.363. The lowest BCUT2D eigenvalue weighted by molar-refractivity contribution is -0.120. The van der Waals surface area contributed by atoms with Crippen molar-refractivity contribution in [3.63, 3.8) is 0 Å². The molecular weight excluding hydrogens is 458 g/mol. The Morgan fingerprint density at radius 3 is 2.33 bits per heavy atom. The average molecular weight is 488 g/mol. The molecule has 0 atom stereocenters. The van der Waals surface area contributed by atoms with Gasteiger partial charge in [-0.3, -0.25) is 4.79 Å². The number of hydrogen-bond acceptors (Lipinski definition) is 6. The van der Waals surface area contributed by atoms with Crippen LogP contribution in [-0.4, -0.2) is 53.8 Å². The Kier molecular flexibility index (Phi) is 7.71. The fourth-order valence-corrected chi connectivity index (χ4v) is 4.50. The molecule has 0 heterocycles. The van der Waals surface area contributed by atoms with Crippen molar-refractivity contribution < 1.29 is 29.3 Å². The van der Waals surface area contributed by atoms with E-state index in [-0.39, 0.29) is 11.3 Å². The molecule has 0 spiro atoms. The molecule has 0 aliphatic rings. The summed E-state index contributed by atoms with van der Waals surface area (Å²) < 4.78 is 11.3.